The van der Waals surface area contributed by atoms with Gasteiger partial charge in [0.05, 0.1) is 6.04 Å². The van der Waals surface area contributed by atoms with Crippen molar-refractivity contribution < 1.29 is 8.78 Å². The van der Waals surface area contributed by atoms with E-state index in [9.17, 15) is 8.78 Å². The van der Waals surface area contributed by atoms with Crippen molar-refractivity contribution in [1.82, 2.24) is 5.32 Å². The molecule has 1 aliphatic carbocycles. The van der Waals surface area contributed by atoms with Crippen LogP contribution in [0.4, 0.5) is 8.78 Å². The van der Waals surface area contributed by atoms with Crippen LogP contribution in [-0.4, -0.2) is 19.0 Å². The van der Waals surface area contributed by atoms with Gasteiger partial charge in [-0.1, -0.05) is 27.2 Å². The molecule has 0 aromatic carbocycles. The van der Waals surface area contributed by atoms with Crippen molar-refractivity contribution in [2.24, 2.45) is 17.8 Å². The third kappa shape index (κ3) is 3.69. The molecule has 0 aliphatic heterocycles. The van der Waals surface area contributed by atoms with E-state index < -0.39 is 12.5 Å². The average molecular weight is 233 g/mol. The van der Waals surface area contributed by atoms with Gasteiger partial charge >= 0.3 is 0 Å². The lowest BCUT2D eigenvalue weighted by Gasteiger charge is -2.36. The SMILES string of the molecule is CCCNC(C(F)F)C1CCC(C)C(C)C1. The molecule has 0 amide bonds. The maximum atomic E-state index is 13.0. The van der Waals surface area contributed by atoms with Crippen LogP contribution < -0.4 is 5.32 Å². The Hall–Kier alpha value is -0.180. The van der Waals surface area contributed by atoms with Crippen LogP contribution in [0.5, 0.6) is 0 Å². The number of nitrogens with one attached hydrogen (secondary N) is 1. The Morgan fingerprint density at radius 1 is 1.19 bits per heavy atom. The first-order chi connectivity index (χ1) is 7.56. The first-order valence-electron chi connectivity index (χ1n) is 6.57. The van der Waals surface area contributed by atoms with Crippen molar-refractivity contribution in [2.45, 2.75) is 58.9 Å². The summed E-state index contributed by atoms with van der Waals surface area (Å²) < 4.78 is 25.9. The van der Waals surface area contributed by atoms with Crippen LogP contribution in [0, 0.1) is 17.8 Å². The average Bonchev–Trinajstić information content (AvgIpc) is 2.23. The zero-order valence-electron chi connectivity index (χ0n) is 10.7. The molecular formula is C13H25F2N. The van der Waals surface area contributed by atoms with Crippen molar-refractivity contribution in [1.29, 1.82) is 0 Å². The minimum atomic E-state index is -2.22. The first kappa shape index (κ1) is 13.9. The van der Waals surface area contributed by atoms with Crippen LogP contribution in [-0.2, 0) is 0 Å². The van der Waals surface area contributed by atoms with Crippen LogP contribution in [0.3, 0.4) is 0 Å². The van der Waals surface area contributed by atoms with Gasteiger partial charge in [-0.2, -0.15) is 0 Å². The third-order valence-electron chi connectivity index (χ3n) is 4.05. The lowest BCUT2D eigenvalue weighted by atomic mass is 9.73. The van der Waals surface area contributed by atoms with E-state index in [1.54, 1.807) is 0 Å². The van der Waals surface area contributed by atoms with E-state index in [0.29, 0.717) is 18.4 Å². The van der Waals surface area contributed by atoms with E-state index in [4.69, 9.17) is 0 Å². The molecule has 0 heterocycles. The number of hydrogen-bond acceptors (Lipinski definition) is 1. The Kier molecular flexibility index (Phi) is 5.67. The number of alkyl halides is 2. The van der Waals surface area contributed by atoms with Crippen molar-refractivity contribution in [3.63, 3.8) is 0 Å². The largest absolute Gasteiger partial charge is 0.309 e. The predicted octanol–water partition coefficient (Wildman–Crippen LogP) is 3.69. The van der Waals surface area contributed by atoms with Gasteiger partial charge in [0.15, 0.2) is 0 Å². The molecule has 1 rings (SSSR count). The fourth-order valence-corrected chi connectivity index (χ4v) is 2.69. The molecule has 0 spiro atoms. The molecule has 1 aliphatic rings. The van der Waals surface area contributed by atoms with E-state index in [0.717, 1.165) is 25.7 Å². The molecule has 1 nitrogen and oxygen atoms in total. The fourth-order valence-electron chi connectivity index (χ4n) is 2.69. The molecule has 4 unspecified atom stereocenters. The lowest BCUT2D eigenvalue weighted by molar-refractivity contribution is 0.0429. The molecule has 4 atom stereocenters. The molecule has 96 valence electrons. The van der Waals surface area contributed by atoms with Gasteiger partial charge in [0.1, 0.15) is 0 Å². The van der Waals surface area contributed by atoms with Gasteiger partial charge < -0.3 is 5.32 Å². The van der Waals surface area contributed by atoms with E-state index in [2.05, 4.69) is 19.2 Å². The first-order valence-corrected chi connectivity index (χ1v) is 6.57. The van der Waals surface area contributed by atoms with Crippen molar-refractivity contribution in [3.8, 4) is 0 Å². The number of halogens is 2. The quantitative estimate of drug-likeness (QED) is 0.763. The molecule has 0 aromatic rings. The van der Waals surface area contributed by atoms with Gasteiger partial charge in [-0.25, -0.2) is 8.78 Å². The smallest absolute Gasteiger partial charge is 0.253 e. The Balaban J connectivity index is 2.51. The number of rotatable bonds is 5. The highest BCUT2D eigenvalue weighted by atomic mass is 19.3. The van der Waals surface area contributed by atoms with E-state index in [1.807, 2.05) is 6.92 Å². The maximum Gasteiger partial charge on any atom is 0.253 e. The lowest BCUT2D eigenvalue weighted by Crippen LogP contribution is -2.44. The summed E-state index contributed by atoms with van der Waals surface area (Å²) in [4.78, 5) is 0. The zero-order chi connectivity index (χ0) is 12.1. The summed E-state index contributed by atoms with van der Waals surface area (Å²) in [6, 6.07) is -0.588. The number of hydrogen-bond donors (Lipinski definition) is 1. The summed E-state index contributed by atoms with van der Waals surface area (Å²) in [6.07, 6.45) is 1.70. The molecule has 0 saturated heterocycles. The molecule has 1 N–H and O–H groups in total. The third-order valence-corrected chi connectivity index (χ3v) is 4.05. The minimum absolute atomic E-state index is 0.165. The van der Waals surface area contributed by atoms with Gasteiger partial charge in [-0.3, -0.25) is 0 Å². The Bertz CT molecular complexity index is 196. The molecule has 0 bridgehead atoms. The van der Waals surface area contributed by atoms with Crippen LogP contribution in [0.25, 0.3) is 0 Å². The highest BCUT2D eigenvalue weighted by molar-refractivity contribution is 4.85. The normalized spacial score (nSPS) is 33.0. The fraction of sp³-hybridized carbons (Fsp3) is 1.00. The van der Waals surface area contributed by atoms with Crippen LogP contribution in [0.1, 0.15) is 46.5 Å². The van der Waals surface area contributed by atoms with Crippen molar-refractivity contribution >= 4 is 0 Å². The molecule has 16 heavy (non-hydrogen) atoms. The topological polar surface area (TPSA) is 12.0 Å². The van der Waals surface area contributed by atoms with Crippen molar-refractivity contribution in [2.75, 3.05) is 6.54 Å². The van der Waals surface area contributed by atoms with Gasteiger partial charge in [0, 0.05) is 0 Å². The maximum absolute atomic E-state index is 13.0. The zero-order valence-corrected chi connectivity index (χ0v) is 10.7. The molecule has 0 aromatic heterocycles. The van der Waals surface area contributed by atoms with Crippen LogP contribution in [0.15, 0.2) is 0 Å². The summed E-state index contributed by atoms with van der Waals surface area (Å²) in [7, 11) is 0. The molecular weight excluding hydrogens is 208 g/mol. The van der Waals surface area contributed by atoms with Gasteiger partial charge in [-0.15, -0.1) is 0 Å². The summed E-state index contributed by atoms with van der Waals surface area (Å²) in [5, 5.41) is 3.02. The predicted molar refractivity (Wildman–Crippen MR) is 63.8 cm³/mol. The second-order valence-electron chi connectivity index (χ2n) is 5.34. The van der Waals surface area contributed by atoms with E-state index in [-0.39, 0.29) is 5.92 Å². The molecule has 1 saturated carbocycles. The molecule has 1 fully saturated rings. The summed E-state index contributed by atoms with van der Waals surface area (Å²) in [5.41, 5.74) is 0. The Morgan fingerprint density at radius 2 is 1.88 bits per heavy atom. The van der Waals surface area contributed by atoms with Crippen molar-refractivity contribution in [3.05, 3.63) is 0 Å². The standard InChI is InChI=1S/C13H25F2N/c1-4-7-16-12(13(14)15)11-6-5-9(2)10(3)8-11/h9-13,16H,4-8H2,1-3H3. The van der Waals surface area contributed by atoms with Gasteiger partial charge in [0.25, 0.3) is 6.43 Å². The van der Waals surface area contributed by atoms with Crippen LogP contribution in [0.2, 0.25) is 0 Å². The summed E-state index contributed by atoms with van der Waals surface area (Å²) in [5.74, 6) is 1.45. The van der Waals surface area contributed by atoms with Gasteiger partial charge in [-0.05, 0) is 43.6 Å². The van der Waals surface area contributed by atoms with Gasteiger partial charge in [0.2, 0.25) is 0 Å². The second-order valence-corrected chi connectivity index (χ2v) is 5.34. The Morgan fingerprint density at radius 3 is 2.38 bits per heavy atom. The van der Waals surface area contributed by atoms with Crippen LogP contribution >= 0.6 is 0 Å². The minimum Gasteiger partial charge on any atom is -0.309 e. The van der Waals surface area contributed by atoms with E-state index in [1.165, 1.54) is 0 Å². The highest BCUT2D eigenvalue weighted by Gasteiger charge is 2.34. The summed E-state index contributed by atoms with van der Waals surface area (Å²) >= 11 is 0. The monoisotopic (exact) mass is 233 g/mol. The van der Waals surface area contributed by atoms with E-state index >= 15 is 0 Å². The second kappa shape index (κ2) is 6.53. The Labute approximate surface area is 98.0 Å². The highest BCUT2D eigenvalue weighted by Crippen LogP contribution is 2.36. The molecule has 0 radical (unpaired) electrons. The molecule has 3 heteroatoms. The summed E-state index contributed by atoms with van der Waals surface area (Å²) in [6.45, 7) is 7.15.